The summed E-state index contributed by atoms with van der Waals surface area (Å²) in [7, 11) is 0. The first-order chi connectivity index (χ1) is 7.62. The van der Waals surface area contributed by atoms with Gasteiger partial charge in [-0.25, -0.2) is 4.39 Å². The summed E-state index contributed by atoms with van der Waals surface area (Å²) >= 11 is 5.87. The van der Waals surface area contributed by atoms with E-state index in [1.54, 1.807) is 24.3 Å². The van der Waals surface area contributed by atoms with Gasteiger partial charge >= 0.3 is 0 Å². The molecule has 0 radical (unpaired) electrons. The normalized spacial score (nSPS) is 21.7. The Hall–Kier alpha value is -0.600. The van der Waals surface area contributed by atoms with E-state index in [9.17, 15) is 4.39 Å². The van der Waals surface area contributed by atoms with Crippen LogP contribution in [0.1, 0.15) is 43.8 Å². The minimum absolute atomic E-state index is 0.569. The van der Waals surface area contributed by atoms with E-state index in [-0.39, 0.29) is 0 Å². The molecule has 1 saturated carbocycles. The summed E-state index contributed by atoms with van der Waals surface area (Å²) in [5, 5.41) is 0.569. The second kappa shape index (κ2) is 4.72. The fourth-order valence-electron chi connectivity index (χ4n) is 2.46. The SMILES string of the molecule is NC1(C(F)c2cccc(Cl)c2)CCCCC1. The molecule has 1 aliphatic carbocycles. The molecule has 0 amide bonds. The Kier molecular flexibility index (Phi) is 3.50. The van der Waals surface area contributed by atoms with Crippen LogP contribution in [-0.4, -0.2) is 5.54 Å². The Bertz CT molecular complexity index is 361. The van der Waals surface area contributed by atoms with Crippen molar-refractivity contribution in [3.63, 3.8) is 0 Å². The molecule has 0 aromatic heterocycles. The lowest BCUT2D eigenvalue weighted by Gasteiger charge is -2.36. The van der Waals surface area contributed by atoms with Crippen LogP contribution in [0.4, 0.5) is 4.39 Å². The quantitative estimate of drug-likeness (QED) is 0.832. The number of halogens is 2. The summed E-state index contributed by atoms with van der Waals surface area (Å²) in [4.78, 5) is 0. The van der Waals surface area contributed by atoms with Crippen molar-refractivity contribution < 1.29 is 4.39 Å². The first-order valence-electron chi connectivity index (χ1n) is 5.80. The van der Waals surface area contributed by atoms with Gasteiger partial charge in [-0.2, -0.15) is 0 Å². The van der Waals surface area contributed by atoms with Gasteiger partial charge in [-0.1, -0.05) is 43.0 Å². The Morgan fingerprint density at radius 2 is 1.94 bits per heavy atom. The fourth-order valence-corrected chi connectivity index (χ4v) is 2.66. The Morgan fingerprint density at radius 1 is 1.25 bits per heavy atom. The highest BCUT2D eigenvalue weighted by atomic mass is 35.5. The molecule has 0 saturated heterocycles. The van der Waals surface area contributed by atoms with Gasteiger partial charge in [0.05, 0.1) is 5.54 Å². The van der Waals surface area contributed by atoms with Gasteiger partial charge in [-0.3, -0.25) is 0 Å². The third-order valence-electron chi connectivity index (χ3n) is 3.43. The Labute approximate surface area is 101 Å². The molecule has 2 N–H and O–H groups in total. The zero-order valence-corrected chi connectivity index (χ0v) is 10.0. The van der Waals surface area contributed by atoms with Crippen LogP contribution in [0, 0.1) is 0 Å². The molecule has 16 heavy (non-hydrogen) atoms. The maximum atomic E-state index is 14.4. The summed E-state index contributed by atoms with van der Waals surface area (Å²) in [5.74, 6) is 0. The average molecular weight is 242 g/mol. The smallest absolute Gasteiger partial charge is 0.143 e. The molecular weight excluding hydrogens is 225 g/mol. The minimum Gasteiger partial charge on any atom is -0.322 e. The molecule has 1 fully saturated rings. The maximum absolute atomic E-state index is 14.4. The molecule has 1 aromatic rings. The summed E-state index contributed by atoms with van der Waals surface area (Å²) in [6.07, 6.45) is 3.64. The second-order valence-electron chi connectivity index (χ2n) is 4.71. The zero-order valence-electron chi connectivity index (χ0n) is 9.26. The molecule has 2 rings (SSSR count). The zero-order chi connectivity index (χ0) is 11.6. The van der Waals surface area contributed by atoms with Gasteiger partial charge in [0.2, 0.25) is 0 Å². The van der Waals surface area contributed by atoms with Crippen LogP contribution < -0.4 is 5.73 Å². The monoisotopic (exact) mass is 241 g/mol. The van der Waals surface area contributed by atoms with Crippen LogP contribution >= 0.6 is 11.6 Å². The summed E-state index contributed by atoms with van der Waals surface area (Å²) in [6.45, 7) is 0. The van der Waals surface area contributed by atoms with Gasteiger partial charge in [0, 0.05) is 5.02 Å². The summed E-state index contributed by atoms with van der Waals surface area (Å²) in [5.41, 5.74) is 6.08. The van der Waals surface area contributed by atoms with Crippen molar-refractivity contribution in [1.29, 1.82) is 0 Å². The highest BCUT2D eigenvalue weighted by Gasteiger charge is 2.37. The van der Waals surface area contributed by atoms with Crippen LogP contribution in [0.3, 0.4) is 0 Å². The van der Waals surface area contributed by atoms with Crippen molar-refractivity contribution in [2.45, 2.75) is 43.8 Å². The minimum atomic E-state index is -1.11. The van der Waals surface area contributed by atoms with E-state index in [0.717, 1.165) is 25.7 Å². The van der Waals surface area contributed by atoms with Gasteiger partial charge in [0.1, 0.15) is 6.17 Å². The molecule has 1 aliphatic rings. The van der Waals surface area contributed by atoms with E-state index in [1.165, 1.54) is 6.42 Å². The number of hydrogen-bond donors (Lipinski definition) is 1. The van der Waals surface area contributed by atoms with Crippen LogP contribution in [-0.2, 0) is 0 Å². The van der Waals surface area contributed by atoms with Crippen molar-refractivity contribution in [2.75, 3.05) is 0 Å². The number of nitrogens with two attached hydrogens (primary N) is 1. The van der Waals surface area contributed by atoms with E-state index in [1.807, 2.05) is 0 Å². The molecule has 0 aliphatic heterocycles. The van der Waals surface area contributed by atoms with Crippen LogP contribution in [0.2, 0.25) is 5.02 Å². The molecule has 88 valence electrons. The predicted octanol–water partition coefficient (Wildman–Crippen LogP) is 4.01. The molecule has 3 heteroatoms. The lowest BCUT2D eigenvalue weighted by Crippen LogP contribution is -2.45. The Balaban J connectivity index is 2.20. The molecule has 0 spiro atoms. The van der Waals surface area contributed by atoms with E-state index in [4.69, 9.17) is 17.3 Å². The van der Waals surface area contributed by atoms with Crippen molar-refractivity contribution in [3.8, 4) is 0 Å². The van der Waals surface area contributed by atoms with Gasteiger partial charge in [0.25, 0.3) is 0 Å². The summed E-state index contributed by atoms with van der Waals surface area (Å²) < 4.78 is 14.4. The van der Waals surface area contributed by atoms with Crippen LogP contribution in [0.15, 0.2) is 24.3 Å². The van der Waals surface area contributed by atoms with Crippen molar-refractivity contribution in [1.82, 2.24) is 0 Å². The van der Waals surface area contributed by atoms with Crippen molar-refractivity contribution in [2.24, 2.45) is 5.73 Å². The van der Waals surface area contributed by atoms with Gasteiger partial charge in [0.15, 0.2) is 0 Å². The Morgan fingerprint density at radius 3 is 2.56 bits per heavy atom. The molecule has 1 unspecified atom stereocenters. The number of rotatable bonds is 2. The molecule has 1 atom stereocenters. The third kappa shape index (κ3) is 2.38. The van der Waals surface area contributed by atoms with Gasteiger partial charge in [-0.05, 0) is 30.5 Å². The largest absolute Gasteiger partial charge is 0.322 e. The first-order valence-corrected chi connectivity index (χ1v) is 6.18. The molecule has 0 heterocycles. The molecule has 0 bridgehead atoms. The predicted molar refractivity (Wildman–Crippen MR) is 65.3 cm³/mol. The second-order valence-corrected chi connectivity index (χ2v) is 5.15. The number of hydrogen-bond acceptors (Lipinski definition) is 1. The van der Waals surface area contributed by atoms with Gasteiger partial charge in [-0.15, -0.1) is 0 Å². The van der Waals surface area contributed by atoms with Crippen molar-refractivity contribution >= 4 is 11.6 Å². The molecule has 1 aromatic carbocycles. The highest BCUT2D eigenvalue weighted by Crippen LogP contribution is 2.39. The lowest BCUT2D eigenvalue weighted by atomic mass is 9.77. The highest BCUT2D eigenvalue weighted by molar-refractivity contribution is 6.30. The van der Waals surface area contributed by atoms with E-state index in [2.05, 4.69) is 0 Å². The van der Waals surface area contributed by atoms with Crippen LogP contribution in [0.25, 0.3) is 0 Å². The topological polar surface area (TPSA) is 26.0 Å². The maximum Gasteiger partial charge on any atom is 0.143 e. The van der Waals surface area contributed by atoms with Crippen molar-refractivity contribution in [3.05, 3.63) is 34.9 Å². The van der Waals surface area contributed by atoms with Gasteiger partial charge < -0.3 is 5.73 Å². The number of benzene rings is 1. The fraction of sp³-hybridized carbons (Fsp3) is 0.538. The summed E-state index contributed by atoms with van der Waals surface area (Å²) in [6, 6.07) is 6.97. The number of alkyl halides is 1. The molecule has 1 nitrogen and oxygen atoms in total. The van der Waals surface area contributed by atoms with E-state index >= 15 is 0 Å². The standard InChI is InChI=1S/C13H17ClFN/c14-11-6-4-5-10(9-11)12(15)13(16)7-2-1-3-8-13/h4-6,9,12H,1-3,7-8,16H2. The third-order valence-corrected chi connectivity index (χ3v) is 3.67. The average Bonchev–Trinajstić information content (AvgIpc) is 2.29. The van der Waals surface area contributed by atoms with E-state index in [0.29, 0.717) is 10.6 Å². The molecular formula is C13H17ClFN. The lowest BCUT2D eigenvalue weighted by molar-refractivity contribution is 0.143. The van der Waals surface area contributed by atoms with Crippen LogP contribution in [0.5, 0.6) is 0 Å². The van der Waals surface area contributed by atoms with E-state index < -0.39 is 11.7 Å². The first kappa shape index (κ1) is 11.9.